The SMILES string of the molecule is C[C](C)c1cc(C(C)C)cc(C(F)(F)F)c1. The van der Waals surface area contributed by atoms with Gasteiger partial charge >= 0.3 is 6.18 Å². The van der Waals surface area contributed by atoms with Gasteiger partial charge < -0.3 is 0 Å². The van der Waals surface area contributed by atoms with Crippen molar-refractivity contribution in [2.75, 3.05) is 0 Å². The van der Waals surface area contributed by atoms with Crippen LogP contribution >= 0.6 is 0 Å². The normalized spacial score (nSPS) is 12.6. The summed E-state index contributed by atoms with van der Waals surface area (Å²) in [6.07, 6.45) is -4.27. The number of benzene rings is 1. The zero-order valence-corrected chi connectivity index (χ0v) is 9.94. The summed E-state index contributed by atoms with van der Waals surface area (Å²) in [6.45, 7) is 7.42. The number of halogens is 3. The summed E-state index contributed by atoms with van der Waals surface area (Å²) in [7, 11) is 0. The van der Waals surface area contributed by atoms with E-state index < -0.39 is 11.7 Å². The molecule has 0 atom stereocenters. The largest absolute Gasteiger partial charge is 0.416 e. The van der Waals surface area contributed by atoms with Gasteiger partial charge in [-0.15, -0.1) is 0 Å². The average molecular weight is 229 g/mol. The van der Waals surface area contributed by atoms with E-state index in [2.05, 4.69) is 0 Å². The summed E-state index contributed by atoms with van der Waals surface area (Å²) in [5.41, 5.74) is 0.833. The molecule has 0 aliphatic rings. The molecule has 0 bridgehead atoms. The molecule has 3 heteroatoms. The molecule has 0 aliphatic heterocycles. The predicted octanol–water partition coefficient (Wildman–Crippen LogP) is 4.79. The van der Waals surface area contributed by atoms with E-state index in [-0.39, 0.29) is 5.92 Å². The molecule has 1 radical (unpaired) electrons. The molecule has 0 N–H and O–H groups in total. The number of hydrogen-bond acceptors (Lipinski definition) is 0. The molecule has 1 aromatic rings. The fraction of sp³-hybridized carbons (Fsp3) is 0.462. The highest BCUT2D eigenvalue weighted by atomic mass is 19.4. The van der Waals surface area contributed by atoms with E-state index in [0.717, 1.165) is 11.5 Å². The molecule has 1 rings (SSSR count). The van der Waals surface area contributed by atoms with Gasteiger partial charge in [0.05, 0.1) is 5.56 Å². The van der Waals surface area contributed by atoms with E-state index in [1.165, 1.54) is 12.1 Å². The second-order valence-corrected chi connectivity index (χ2v) is 4.50. The van der Waals surface area contributed by atoms with E-state index in [0.29, 0.717) is 5.56 Å². The smallest absolute Gasteiger partial charge is 0.166 e. The van der Waals surface area contributed by atoms with E-state index >= 15 is 0 Å². The lowest BCUT2D eigenvalue weighted by atomic mass is 9.93. The Labute approximate surface area is 94.5 Å². The highest BCUT2D eigenvalue weighted by Gasteiger charge is 2.31. The molecular weight excluding hydrogens is 213 g/mol. The summed E-state index contributed by atoms with van der Waals surface area (Å²) in [5, 5.41) is 0. The van der Waals surface area contributed by atoms with Gasteiger partial charge in [-0.05, 0) is 35.1 Å². The summed E-state index contributed by atoms with van der Waals surface area (Å²) < 4.78 is 38.0. The van der Waals surface area contributed by atoms with Gasteiger partial charge in [-0.2, -0.15) is 13.2 Å². The van der Waals surface area contributed by atoms with Crippen molar-refractivity contribution < 1.29 is 13.2 Å². The maximum absolute atomic E-state index is 12.7. The first-order chi connectivity index (χ1) is 7.21. The predicted molar refractivity (Wildman–Crippen MR) is 59.2 cm³/mol. The molecule has 1 aromatic carbocycles. The van der Waals surface area contributed by atoms with Crippen LogP contribution in [0.4, 0.5) is 13.2 Å². The van der Waals surface area contributed by atoms with Gasteiger partial charge in [-0.1, -0.05) is 33.8 Å². The Morgan fingerprint density at radius 3 is 2.00 bits per heavy atom. The van der Waals surface area contributed by atoms with Crippen LogP contribution in [-0.2, 0) is 6.18 Å². The van der Waals surface area contributed by atoms with Crippen LogP contribution in [0.1, 0.15) is 50.3 Å². The zero-order valence-electron chi connectivity index (χ0n) is 9.94. The van der Waals surface area contributed by atoms with Crippen molar-refractivity contribution in [1.29, 1.82) is 0 Å². The molecule has 0 saturated heterocycles. The third kappa shape index (κ3) is 3.00. The minimum atomic E-state index is -4.27. The third-order valence-electron chi connectivity index (χ3n) is 2.53. The first kappa shape index (κ1) is 13.1. The first-order valence-electron chi connectivity index (χ1n) is 5.24. The van der Waals surface area contributed by atoms with Crippen LogP contribution in [0.15, 0.2) is 18.2 Å². The van der Waals surface area contributed by atoms with Gasteiger partial charge in [0.1, 0.15) is 0 Å². The van der Waals surface area contributed by atoms with Crippen LogP contribution in [0, 0.1) is 5.92 Å². The third-order valence-corrected chi connectivity index (χ3v) is 2.53. The molecule has 89 valence electrons. The molecule has 16 heavy (non-hydrogen) atoms. The Morgan fingerprint density at radius 1 is 1.06 bits per heavy atom. The summed E-state index contributed by atoms with van der Waals surface area (Å²) in [5.74, 6) is 0.994. The van der Waals surface area contributed by atoms with Crippen molar-refractivity contribution in [2.24, 2.45) is 0 Å². The fourth-order valence-electron chi connectivity index (χ4n) is 1.44. The Bertz CT molecular complexity index is 336. The van der Waals surface area contributed by atoms with Crippen molar-refractivity contribution in [3.63, 3.8) is 0 Å². The van der Waals surface area contributed by atoms with Gasteiger partial charge in [0.25, 0.3) is 0 Å². The molecule has 0 saturated carbocycles. The lowest BCUT2D eigenvalue weighted by Gasteiger charge is -2.15. The van der Waals surface area contributed by atoms with Crippen molar-refractivity contribution >= 4 is 0 Å². The molecule has 0 amide bonds. The lowest BCUT2D eigenvalue weighted by molar-refractivity contribution is -0.137. The van der Waals surface area contributed by atoms with Gasteiger partial charge in [-0.25, -0.2) is 0 Å². The van der Waals surface area contributed by atoms with Crippen LogP contribution in [0.2, 0.25) is 0 Å². The molecule has 0 heterocycles. The zero-order chi connectivity index (χ0) is 12.5. The first-order valence-corrected chi connectivity index (χ1v) is 5.24. The molecular formula is C13H16F3. The van der Waals surface area contributed by atoms with Crippen molar-refractivity contribution in [1.82, 2.24) is 0 Å². The Balaban J connectivity index is 3.30. The van der Waals surface area contributed by atoms with Gasteiger partial charge in [0.2, 0.25) is 0 Å². The molecule has 0 fully saturated rings. The summed E-state index contributed by atoms with van der Waals surface area (Å²) in [6, 6.07) is 4.27. The van der Waals surface area contributed by atoms with Crippen LogP contribution in [-0.4, -0.2) is 0 Å². The van der Waals surface area contributed by atoms with E-state index in [4.69, 9.17) is 0 Å². The van der Waals surface area contributed by atoms with Crippen molar-refractivity contribution in [3.05, 3.63) is 40.8 Å². The maximum Gasteiger partial charge on any atom is 0.416 e. The standard InChI is InChI=1S/C13H16F3/c1-8(2)10-5-11(9(3)4)7-12(6-10)13(14,15)16/h5-8H,1-4H3. The molecule has 0 aliphatic carbocycles. The van der Waals surface area contributed by atoms with E-state index in [1.807, 2.05) is 33.8 Å². The fourth-order valence-corrected chi connectivity index (χ4v) is 1.44. The molecule has 0 nitrogen and oxygen atoms in total. The highest BCUT2D eigenvalue weighted by molar-refractivity contribution is 5.39. The Hall–Kier alpha value is -0.990. The van der Waals surface area contributed by atoms with Crippen LogP contribution in [0.5, 0.6) is 0 Å². The Morgan fingerprint density at radius 2 is 1.62 bits per heavy atom. The topological polar surface area (TPSA) is 0 Å². The highest BCUT2D eigenvalue weighted by Crippen LogP contribution is 2.33. The van der Waals surface area contributed by atoms with Crippen LogP contribution < -0.4 is 0 Å². The second-order valence-electron chi connectivity index (χ2n) is 4.50. The van der Waals surface area contributed by atoms with E-state index in [9.17, 15) is 13.2 Å². The number of alkyl halides is 3. The van der Waals surface area contributed by atoms with Gasteiger partial charge in [0.15, 0.2) is 0 Å². The molecule has 0 aromatic heterocycles. The van der Waals surface area contributed by atoms with E-state index in [1.54, 1.807) is 0 Å². The maximum atomic E-state index is 12.7. The van der Waals surface area contributed by atoms with Crippen molar-refractivity contribution in [2.45, 2.75) is 39.8 Å². The number of rotatable bonds is 2. The molecule has 0 unspecified atom stereocenters. The lowest BCUT2D eigenvalue weighted by Crippen LogP contribution is -2.08. The average Bonchev–Trinajstić information content (AvgIpc) is 2.15. The summed E-state index contributed by atoms with van der Waals surface area (Å²) in [4.78, 5) is 0. The van der Waals surface area contributed by atoms with Gasteiger partial charge in [-0.3, -0.25) is 0 Å². The quantitative estimate of drug-likeness (QED) is 0.683. The molecule has 0 spiro atoms. The van der Waals surface area contributed by atoms with Crippen molar-refractivity contribution in [3.8, 4) is 0 Å². The summed E-state index contributed by atoms with van der Waals surface area (Å²) >= 11 is 0. The minimum absolute atomic E-state index is 0.0976. The monoisotopic (exact) mass is 229 g/mol. The second kappa shape index (κ2) is 4.48. The van der Waals surface area contributed by atoms with Crippen LogP contribution in [0.3, 0.4) is 0 Å². The number of hydrogen-bond donors (Lipinski definition) is 0. The van der Waals surface area contributed by atoms with Gasteiger partial charge in [0, 0.05) is 0 Å². The minimum Gasteiger partial charge on any atom is -0.166 e. The van der Waals surface area contributed by atoms with Crippen LogP contribution in [0.25, 0.3) is 0 Å². The Kier molecular flexibility index (Phi) is 3.66.